The largest absolute Gasteiger partial charge is 0.486 e. The molecule has 0 fully saturated rings. The van der Waals surface area contributed by atoms with Crippen molar-refractivity contribution in [2.75, 3.05) is 13.2 Å². The lowest BCUT2D eigenvalue weighted by atomic mass is 9.91. The van der Waals surface area contributed by atoms with Crippen LogP contribution in [0.15, 0.2) is 42.5 Å². The summed E-state index contributed by atoms with van der Waals surface area (Å²) < 4.78 is 23.9. The van der Waals surface area contributed by atoms with Gasteiger partial charge in [0.2, 0.25) is 0 Å². The second-order valence-corrected chi connectivity index (χ2v) is 5.12. The van der Waals surface area contributed by atoms with E-state index in [1.807, 2.05) is 0 Å². The Balaban J connectivity index is 1.87. The highest BCUT2D eigenvalue weighted by Crippen LogP contribution is 2.34. The zero-order valence-electron chi connectivity index (χ0n) is 11.8. The van der Waals surface area contributed by atoms with Crippen molar-refractivity contribution in [2.45, 2.75) is 12.3 Å². The number of carboxylic acid groups (broad SMARTS) is 1. The van der Waals surface area contributed by atoms with Gasteiger partial charge in [0.1, 0.15) is 19.0 Å². The average molecular weight is 302 g/mol. The minimum absolute atomic E-state index is 0.287. The molecule has 5 heteroatoms. The third-order valence-electron chi connectivity index (χ3n) is 3.62. The molecule has 2 aromatic rings. The first kappa shape index (κ1) is 14.4. The standard InChI is InChI=1S/C17H15FO4/c18-13-4-1-11(2-5-13)9-14(17(19)20)12-3-6-15-16(10-12)22-8-7-21-15/h1-6,10,14H,7-9H2,(H,19,20). The first-order chi connectivity index (χ1) is 10.6. The smallest absolute Gasteiger partial charge is 0.311 e. The highest BCUT2D eigenvalue weighted by atomic mass is 19.1. The van der Waals surface area contributed by atoms with Crippen molar-refractivity contribution >= 4 is 5.97 Å². The maximum Gasteiger partial charge on any atom is 0.311 e. The molecule has 0 saturated heterocycles. The molecule has 4 nitrogen and oxygen atoms in total. The van der Waals surface area contributed by atoms with E-state index in [0.717, 1.165) is 5.56 Å². The Morgan fingerprint density at radius 3 is 2.45 bits per heavy atom. The van der Waals surface area contributed by atoms with Crippen LogP contribution in [0, 0.1) is 5.82 Å². The molecule has 0 amide bonds. The van der Waals surface area contributed by atoms with Crippen molar-refractivity contribution < 1.29 is 23.8 Å². The van der Waals surface area contributed by atoms with E-state index < -0.39 is 11.9 Å². The predicted octanol–water partition coefficient (Wildman–Crippen LogP) is 3.01. The number of rotatable bonds is 4. The second-order valence-electron chi connectivity index (χ2n) is 5.12. The molecule has 1 heterocycles. The Labute approximate surface area is 127 Å². The summed E-state index contributed by atoms with van der Waals surface area (Å²) in [5, 5.41) is 9.50. The number of fused-ring (bicyclic) bond motifs is 1. The molecule has 1 aliphatic rings. The number of aliphatic carboxylic acids is 1. The summed E-state index contributed by atoms with van der Waals surface area (Å²) in [7, 11) is 0. The minimum atomic E-state index is -0.930. The first-order valence-electron chi connectivity index (χ1n) is 7.00. The monoisotopic (exact) mass is 302 g/mol. The predicted molar refractivity (Wildman–Crippen MR) is 77.9 cm³/mol. The van der Waals surface area contributed by atoms with Gasteiger partial charge < -0.3 is 14.6 Å². The number of carboxylic acids is 1. The first-order valence-corrected chi connectivity index (χ1v) is 7.00. The van der Waals surface area contributed by atoms with Gasteiger partial charge in [0.15, 0.2) is 11.5 Å². The molecule has 0 spiro atoms. The minimum Gasteiger partial charge on any atom is -0.486 e. The lowest BCUT2D eigenvalue weighted by Gasteiger charge is -2.20. The van der Waals surface area contributed by atoms with E-state index >= 15 is 0 Å². The molecule has 0 saturated carbocycles. The maximum atomic E-state index is 12.9. The van der Waals surface area contributed by atoms with Crippen LogP contribution in [0.5, 0.6) is 11.5 Å². The summed E-state index contributed by atoms with van der Waals surface area (Å²) in [6.45, 7) is 0.941. The fourth-order valence-corrected chi connectivity index (χ4v) is 2.48. The summed E-state index contributed by atoms with van der Waals surface area (Å²) in [6, 6.07) is 11.0. The normalized spacial score (nSPS) is 14.4. The SMILES string of the molecule is O=C(O)C(Cc1ccc(F)cc1)c1ccc2c(c1)OCCO2. The molecule has 1 N–H and O–H groups in total. The lowest BCUT2D eigenvalue weighted by molar-refractivity contribution is -0.138. The van der Waals surface area contributed by atoms with Gasteiger partial charge in [-0.2, -0.15) is 0 Å². The average Bonchev–Trinajstić information content (AvgIpc) is 2.53. The van der Waals surface area contributed by atoms with E-state index in [2.05, 4.69) is 0 Å². The number of hydrogen-bond acceptors (Lipinski definition) is 3. The van der Waals surface area contributed by atoms with Crippen molar-refractivity contribution in [1.82, 2.24) is 0 Å². The van der Waals surface area contributed by atoms with E-state index in [1.165, 1.54) is 12.1 Å². The van der Waals surface area contributed by atoms with Gasteiger partial charge in [0.25, 0.3) is 0 Å². The Morgan fingerprint density at radius 2 is 1.77 bits per heavy atom. The van der Waals surface area contributed by atoms with Crippen molar-refractivity contribution in [3.63, 3.8) is 0 Å². The van der Waals surface area contributed by atoms with Gasteiger partial charge in [-0.1, -0.05) is 18.2 Å². The molecule has 3 rings (SSSR count). The van der Waals surface area contributed by atoms with Crippen LogP contribution >= 0.6 is 0 Å². The number of benzene rings is 2. The number of carbonyl (C=O) groups is 1. The van der Waals surface area contributed by atoms with E-state index in [0.29, 0.717) is 30.3 Å². The fraction of sp³-hybridized carbons (Fsp3) is 0.235. The van der Waals surface area contributed by atoms with Gasteiger partial charge in [0.05, 0.1) is 5.92 Å². The number of ether oxygens (including phenoxy) is 2. The van der Waals surface area contributed by atoms with Crippen molar-refractivity contribution in [2.24, 2.45) is 0 Å². The van der Waals surface area contributed by atoms with Gasteiger partial charge in [-0.15, -0.1) is 0 Å². The van der Waals surface area contributed by atoms with Gasteiger partial charge in [-0.05, 0) is 41.8 Å². The Kier molecular flexibility index (Phi) is 3.96. The third kappa shape index (κ3) is 3.03. The Morgan fingerprint density at radius 1 is 1.09 bits per heavy atom. The third-order valence-corrected chi connectivity index (χ3v) is 3.62. The van der Waals surface area contributed by atoms with Gasteiger partial charge >= 0.3 is 5.97 Å². The molecule has 114 valence electrons. The van der Waals surface area contributed by atoms with E-state index in [4.69, 9.17) is 9.47 Å². The number of halogens is 1. The summed E-state index contributed by atoms with van der Waals surface area (Å²) >= 11 is 0. The molecule has 1 unspecified atom stereocenters. The van der Waals surface area contributed by atoms with Crippen LogP contribution in [-0.2, 0) is 11.2 Å². The molecular formula is C17H15FO4. The molecule has 2 aromatic carbocycles. The molecule has 1 atom stereocenters. The van der Waals surface area contributed by atoms with Crippen molar-refractivity contribution in [3.05, 3.63) is 59.4 Å². The molecule has 1 aliphatic heterocycles. The molecule has 0 aliphatic carbocycles. The van der Waals surface area contributed by atoms with Crippen molar-refractivity contribution in [3.8, 4) is 11.5 Å². The summed E-state index contributed by atoms with van der Waals surface area (Å²) in [5.74, 6) is -0.799. The lowest BCUT2D eigenvalue weighted by Crippen LogP contribution is -2.18. The zero-order valence-corrected chi connectivity index (χ0v) is 11.8. The Hall–Kier alpha value is -2.56. The van der Waals surface area contributed by atoms with E-state index in [9.17, 15) is 14.3 Å². The van der Waals surface area contributed by atoms with Gasteiger partial charge in [0, 0.05) is 0 Å². The van der Waals surface area contributed by atoms with E-state index in [-0.39, 0.29) is 12.2 Å². The van der Waals surface area contributed by atoms with Crippen molar-refractivity contribution in [1.29, 1.82) is 0 Å². The summed E-state index contributed by atoms with van der Waals surface area (Å²) in [5.41, 5.74) is 1.41. The molecular weight excluding hydrogens is 287 g/mol. The maximum absolute atomic E-state index is 12.9. The van der Waals surface area contributed by atoms with Crippen LogP contribution in [0.25, 0.3) is 0 Å². The van der Waals surface area contributed by atoms with Crippen LogP contribution in [0.3, 0.4) is 0 Å². The van der Waals surface area contributed by atoms with Crippen LogP contribution in [0.4, 0.5) is 4.39 Å². The number of hydrogen-bond donors (Lipinski definition) is 1. The van der Waals surface area contributed by atoms with Crippen LogP contribution in [0.1, 0.15) is 17.0 Å². The van der Waals surface area contributed by atoms with Crippen LogP contribution in [0.2, 0.25) is 0 Å². The quantitative estimate of drug-likeness (QED) is 0.943. The van der Waals surface area contributed by atoms with Crippen LogP contribution in [-0.4, -0.2) is 24.3 Å². The summed E-state index contributed by atoms with van der Waals surface area (Å²) in [6.07, 6.45) is 0.287. The van der Waals surface area contributed by atoms with E-state index in [1.54, 1.807) is 30.3 Å². The zero-order chi connectivity index (χ0) is 15.5. The second kappa shape index (κ2) is 6.05. The molecule has 0 bridgehead atoms. The molecule has 22 heavy (non-hydrogen) atoms. The van der Waals surface area contributed by atoms with Gasteiger partial charge in [-0.3, -0.25) is 4.79 Å². The highest BCUT2D eigenvalue weighted by Gasteiger charge is 2.23. The topological polar surface area (TPSA) is 55.8 Å². The molecule has 0 radical (unpaired) electrons. The summed E-state index contributed by atoms with van der Waals surface area (Å²) in [4.78, 5) is 11.6. The van der Waals surface area contributed by atoms with Crippen LogP contribution < -0.4 is 9.47 Å². The molecule has 0 aromatic heterocycles. The van der Waals surface area contributed by atoms with Gasteiger partial charge in [-0.25, -0.2) is 4.39 Å². The Bertz CT molecular complexity index is 682. The highest BCUT2D eigenvalue weighted by molar-refractivity contribution is 5.77. The fourth-order valence-electron chi connectivity index (χ4n) is 2.48.